The van der Waals surface area contributed by atoms with Crippen LogP contribution in [0.4, 0.5) is 0 Å². The van der Waals surface area contributed by atoms with Gasteiger partial charge in [0, 0.05) is 6.04 Å². The number of nitrogens with two attached hydrogens (primary N) is 1. The van der Waals surface area contributed by atoms with Gasteiger partial charge in [-0.1, -0.05) is 36.8 Å². The Kier molecular flexibility index (Phi) is 4.15. The minimum absolute atomic E-state index is 0.0196. The molecule has 1 aliphatic heterocycles. The number of aryl methyl sites for hydroxylation is 1. The number of rotatable bonds is 5. The van der Waals surface area contributed by atoms with Crippen LogP contribution < -0.4 is 5.73 Å². The normalized spacial score (nSPS) is 19.7. The minimum atomic E-state index is -0.0196. The Balaban J connectivity index is 2.13. The van der Waals surface area contributed by atoms with Gasteiger partial charge in [-0.25, -0.2) is 0 Å². The maximum atomic E-state index is 6.16. The monoisotopic (exact) mass is 235 g/mol. The third-order valence-electron chi connectivity index (χ3n) is 3.18. The van der Waals surface area contributed by atoms with Crippen LogP contribution in [0.5, 0.6) is 0 Å². The van der Waals surface area contributed by atoms with Crippen LogP contribution in [0.2, 0.25) is 0 Å². The number of benzene rings is 1. The lowest BCUT2D eigenvalue weighted by atomic mass is 9.99. The highest BCUT2D eigenvalue weighted by molar-refractivity contribution is 5.25. The van der Waals surface area contributed by atoms with Gasteiger partial charge in [-0.3, -0.25) is 0 Å². The highest BCUT2D eigenvalue weighted by Gasteiger charge is 2.27. The molecule has 2 unspecified atom stereocenters. The Bertz CT molecular complexity index is 363. The van der Waals surface area contributed by atoms with Crippen molar-refractivity contribution < 1.29 is 9.47 Å². The Morgan fingerprint density at radius 1 is 1.47 bits per heavy atom. The molecule has 94 valence electrons. The van der Waals surface area contributed by atoms with E-state index in [-0.39, 0.29) is 18.2 Å². The molecule has 3 nitrogen and oxygen atoms in total. The van der Waals surface area contributed by atoms with E-state index in [1.807, 2.05) is 0 Å². The van der Waals surface area contributed by atoms with Gasteiger partial charge in [0.05, 0.1) is 19.3 Å². The topological polar surface area (TPSA) is 44.5 Å². The van der Waals surface area contributed by atoms with Gasteiger partial charge in [-0.2, -0.15) is 0 Å². The second-order valence-electron chi connectivity index (χ2n) is 4.70. The van der Waals surface area contributed by atoms with Crippen LogP contribution in [-0.4, -0.2) is 25.4 Å². The predicted octanol–water partition coefficient (Wildman–Crippen LogP) is 2.19. The summed E-state index contributed by atoms with van der Waals surface area (Å²) in [6, 6.07) is 8.43. The van der Waals surface area contributed by atoms with Crippen molar-refractivity contribution in [3.63, 3.8) is 0 Å². The van der Waals surface area contributed by atoms with Crippen molar-refractivity contribution in [3.8, 4) is 0 Å². The molecule has 2 N–H and O–H groups in total. The summed E-state index contributed by atoms with van der Waals surface area (Å²) in [5, 5.41) is 0. The molecule has 3 heteroatoms. The van der Waals surface area contributed by atoms with Crippen LogP contribution in [0, 0.1) is 6.92 Å². The third kappa shape index (κ3) is 3.06. The lowest BCUT2D eigenvalue weighted by molar-refractivity contribution is -0.160. The van der Waals surface area contributed by atoms with Gasteiger partial charge in [0.1, 0.15) is 6.10 Å². The lowest BCUT2D eigenvalue weighted by Crippen LogP contribution is -2.41. The molecule has 1 aromatic carbocycles. The van der Waals surface area contributed by atoms with E-state index in [4.69, 9.17) is 15.2 Å². The molecule has 1 aromatic rings. The summed E-state index contributed by atoms with van der Waals surface area (Å²) in [5.74, 6) is 0. The van der Waals surface area contributed by atoms with Crippen LogP contribution >= 0.6 is 0 Å². The minimum Gasteiger partial charge on any atom is -0.376 e. The molecule has 0 radical (unpaired) electrons. The van der Waals surface area contributed by atoms with Gasteiger partial charge >= 0.3 is 0 Å². The van der Waals surface area contributed by atoms with E-state index in [2.05, 4.69) is 38.1 Å². The second-order valence-corrected chi connectivity index (χ2v) is 4.70. The van der Waals surface area contributed by atoms with E-state index < -0.39 is 0 Å². The van der Waals surface area contributed by atoms with Gasteiger partial charge in [-0.05, 0) is 18.9 Å². The fourth-order valence-corrected chi connectivity index (χ4v) is 1.99. The first kappa shape index (κ1) is 12.6. The average molecular weight is 235 g/mol. The molecule has 0 amide bonds. The van der Waals surface area contributed by atoms with Gasteiger partial charge in [0.2, 0.25) is 0 Å². The average Bonchev–Trinajstić information content (AvgIpc) is 2.27. The van der Waals surface area contributed by atoms with Gasteiger partial charge in [0.15, 0.2) is 0 Å². The molecule has 0 spiro atoms. The quantitative estimate of drug-likeness (QED) is 0.851. The summed E-state index contributed by atoms with van der Waals surface area (Å²) in [5.41, 5.74) is 8.57. The maximum Gasteiger partial charge on any atom is 0.105 e. The summed E-state index contributed by atoms with van der Waals surface area (Å²) < 4.78 is 11.2. The first-order chi connectivity index (χ1) is 8.20. The van der Waals surface area contributed by atoms with Crippen LogP contribution in [0.3, 0.4) is 0 Å². The number of hydrogen-bond acceptors (Lipinski definition) is 3. The van der Waals surface area contributed by atoms with Crippen molar-refractivity contribution in [2.24, 2.45) is 5.73 Å². The molecule has 0 bridgehead atoms. The van der Waals surface area contributed by atoms with Crippen molar-refractivity contribution in [2.45, 2.75) is 38.5 Å². The first-order valence-corrected chi connectivity index (χ1v) is 6.26. The van der Waals surface area contributed by atoms with E-state index in [0.29, 0.717) is 13.2 Å². The van der Waals surface area contributed by atoms with Crippen molar-refractivity contribution in [3.05, 3.63) is 35.4 Å². The van der Waals surface area contributed by atoms with E-state index in [0.717, 1.165) is 6.42 Å². The summed E-state index contributed by atoms with van der Waals surface area (Å²) in [6.07, 6.45) is 1.10. The van der Waals surface area contributed by atoms with Crippen LogP contribution in [0.15, 0.2) is 24.3 Å². The van der Waals surface area contributed by atoms with Gasteiger partial charge in [-0.15, -0.1) is 0 Å². The molecule has 1 fully saturated rings. The highest BCUT2D eigenvalue weighted by atomic mass is 16.6. The second kappa shape index (κ2) is 5.63. The van der Waals surface area contributed by atoms with E-state index in [1.54, 1.807) is 0 Å². The van der Waals surface area contributed by atoms with Crippen LogP contribution in [-0.2, 0) is 9.47 Å². The van der Waals surface area contributed by atoms with Crippen molar-refractivity contribution in [1.82, 2.24) is 0 Å². The Labute approximate surface area is 103 Å². The summed E-state index contributed by atoms with van der Waals surface area (Å²) in [7, 11) is 0. The number of hydrogen-bond donors (Lipinski definition) is 1. The fourth-order valence-electron chi connectivity index (χ4n) is 1.99. The zero-order valence-electron chi connectivity index (χ0n) is 10.6. The van der Waals surface area contributed by atoms with Crippen LogP contribution in [0.25, 0.3) is 0 Å². The van der Waals surface area contributed by atoms with Crippen LogP contribution in [0.1, 0.15) is 30.6 Å². The maximum absolute atomic E-state index is 6.16. The van der Waals surface area contributed by atoms with E-state index >= 15 is 0 Å². The highest BCUT2D eigenvalue weighted by Crippen LogP contribution is 2.26. The van der Waals surface area contributed by atoms with Crippen molar-refractivity contribution in [2.75, 3.05) is 13.2 Å². The largest absolute Gasteiger partial charge is 0.376 e. The summed E-state index contributed by atoms with van der Waals surface area (Å²) in [6.45, 7) is 5.57. The molecule has 2 atom stereocenters. The molecule has 1 heterocycles. The molecule has 0 aliphatic carbocycles. The Morgan fingerprint density at radius 3 is 2.76 bits per heavy atom. The molecule has 1 saturated heterocycles. The summed E-state index contributed by atoms with van der Waals surface area (Å²) in [4.78, 5) is 0. The molecule has 0 aromatic heterocycles. The van der Waals surface area contributed by atoms with E-state index in [9.17, 15) is 0 Å². The zero-order valence-corrected chi connectivity index (χ0v) is 10.6. The predicted molar refractivity (Wildman–Crippen MR) is 67.9 cm³/mol. The SMILES string of the molecule is CCC(N)C(OC1COC1)c1cccc(C)c1. The van der Waals surface area contributed by atoms with Gasteiger partial charge < -0.3 is 15.2 Å². The third-order valence-corrected chi connectivity index (χ3v) is 3.18. The molecule has 1 aliphatic rings. The van der Waals surface area contributed by atoms with Crippen molar-refractivity contribution >= 4 is 0 Å². The number of ether oxygens (including phenoxy) is 2. The first-order valence-electron chi connectivity index (χ1n) is 6.26. The molecule has 17 heavy (non-hydrogen) atoms. The van der Waals surface area contributed by atoms with Gasteiger partial charge in [0.25, 0.3) is 0 Å². The van der Waals surface area contributed by atoms with E-state index in [1.165, 1.54) is 11.1 Å². The zero-order chi connectivity index (χ0) is 12.3. The Morgan fingerprint density at radius 2 is 2.24 bits per heavy atom. The fraction of sp³-hybridized carbons (Fsp3) is 0.571. The van der Waals surface area contributed by atoms with Crippen molar-refractivity contribution in [1.29, 1.82) is 0 Å². The molecule has 2 rings (SSSR count). The molecular weight excluding hydrogens is 214 g/mol. The summed E-state index contributed by atoms with van der Waals surface area (Å²) >= 11 is 0. The molecule has 0 saturated carbocycles. The smallest absolute Gasteiger partial charge is 0.105 e. The Hall–Kier alpha value is -0.900. The lowest BCUT2D eigenvalue weighted by Gasteiger charge is -2.33. The molecular formula is C14H21NO2. The standard InChI is InChI=1S/C14H21NO2/c1-3-13(15)14(17-12-8-16-9-12)11-6-4-5-10(2)7-11/h4-7,12-14H,3,8-9,15H2,1-2H3.